The third kappa shape index (κ3) is 3.29. The fourth-order valence-electron chi connectivity index (χ4n) is 2.12. The molecule has 0 aliphatic rings. The molecule has 0 spiro atoms. The predicted molar refractivity (Wildman–Crippen MR) is 85.5 cm³/mol. The molecule has 2 N–H and O–H groups in total. The van der Waals surface area contributed by atoms with E-state index >= 15 is 0 Å². The van der Waals surface area contributed by atoms with E-state index in [2.05, 4.69) is 0 Å². The Morgan fingerprint density at radius 3 is 2.18 bits per heavy atom. The molecule has 0 saturated carbocycles. The second-order valence-electron chi connectivity index (χ2n) is 6.07. The molecule has 0 unspecified atom stereocenters. The van der Waals surface area contributed by atoms with Gasteiger partial charge in [0.25, 0.3) is 0 Å². The molecule has 0 bridgehead atoms. The van der Waals surface area contributed by atoms with Gasteiger partial charge in [0.2, 0.25) is 0 Å². The van der Waals surface area contributed by atoms with Crippen LogP contribution < -0.4 is 4.74 Å². The van der Waals surface area contributed by atoms with Crippen molar-refractivity contribution in [3.63, 3.8) is 0 Å². The molecule has 2 aromatic rings. The van der Waals surface area contributed by atoms with Gasteiger partial charge in [0.05, 0.1) is 18.6 Å². The monoisotopic (exact) mass is 302 g/mol. The molecule has 2 rings (SSSR count). The van der Waals surface area contributed by atoms with Crippen LogP contribution in [0, 0.1) is 5.41 Å². The number of esters is 1. The Kier molecular flexibility index (Phi) is 4.84. The summed E-state index contributed by atoms with van der Waals surface area (Å²) >= 11 is 0. The topological polar surface area (TPSA) is 66.8 Å². The van der Waals surface area contributed by atoms with Crippen molar-refractivity contribution in [3.05, 3.63) is 41.5 Å². The number of benzene rings is 2. The lowest BCUT2D eigenvalue weighted by molar-refractivity contribution is -0.144. The maximum absolute atomic E-state index is 12.1. The zero-order valence-corrected chi connectivity index (χ0v) is 13.2. The molecule has 0 aliphatic carbocycles. The van der Waals surface area contributed by atoms with E-state index < -0.39 is 5.41 Å². The van der Waals surface area contributed by atoms with Gasteiger partial charge >= 0.3 is 5.97 Å². The minimum atomic E-state index is -0.522. The summed E-state index contributed by atoms with van der Waals surface area (Å²) in [5.41, 5.74) is 0.852. The van der Waals surface area contributed by atoms with Gasteiger partial charge in [0.1, 0.15) is 5.75 Å². The fourth-order valence-corrected chi connectivity index (χ4v) is 2.12. The van der Waals surface area contributed by atoms with E-state index in [1.54, 1.807) is 12.1 Å². The quantitative estimate of drug-likeness (QED) is 0.657. The summed E-state index contributed by atoms with van der Waals surface area (Å²) in [6.45, 7) is 5.40. The van der Waals surface area contributed by atoms with Crippen LogP contribution in [0.25, 0.3) is 10.8 Å². The van der Waals surface area contributed by atoms with Gasteiger partial charge in [0, 0.05) is 0 Å². The average Bonchev–Trinajstić information content (AvgIpc) is 2.53. The van der Waals surface area contributed by atoms with Gasteiger partial charge in [-0.3, -0.25) is 4.79 Å². The molecule has 0 saturated heterocycles. The molecule has 4 nitrogen and oxygen atoms in total. The summed E-state index contributed by atoms with van der Waals surface area (Å²) in [6.07, 6.45) is 0.702. The lowest BCUT2D eigenvalue weighted by Crippen LogP contribution is -2.28. The van der Waals surface area contributed by atoms with Crippen LogP contribution in [0.4, 0.5) is 0 Å². The molecule has 4 heteroatoms. The van der Waals surface area contributed by atoms with E-state index in [1.807, 2.05) is 39.0 Å². The Balaban J connectivity index is 2.36. The Morgan fingerprint density at radius 2 is 1.64 bits per heavy atom. The molecular formula is C18H22O4. The van der Waals surface area contributed by atoms with Crippen molar-refractivity contribution in [1.82, 2.24) is 0 Å². The van der Waals surface area contributed by atoms with Crippen LogP contribution in [-0.2, 0) is 18.0 Å². The van der Waals surface area contributed by atoms with Crippen LogP contribution in [0.5, 0.6) is 5.75 Å². The highest BCUT2D eigenvalue weighted by Gasteiger charge is 2.27. The molecule has 2 aromatic carbocycles. The third-order valence-electron chi connectivity index (χ3n) is 4.12. The summed E-state index contributed by atoms with van der Waals surface area (Å²) in [6, 6.07) is 9.01. The number of rotatable bonds is 5. The number of aliphatic hydroxyl groups excluding tert-OH is 2. The molecule has 0 atom stereocenters. The molecule has 0 fully saturated rings. The smallest absolute Gasteiger partial charge is 0.316 e. The number of hydrogen-bond acceptors (Lipinski definition) is 4. The van der Waals surface area contributed by atoms with Crippen molar-refractivity contribution in [3.8, 4) is 5.75 Å². The standard InChI is InChI=1S/C18H22O4/c1-4-18(2,3)17(21)22-16-6-5-12-7-14(10-19)15(11-20)8-13(12)9-16/h5-9,19-20H,4,10-11H2,1-3H3. The highest BCUT2D eigenvalue weighted by atomic mass is 16.5. The van der Waals surface area contributed by atoms with E-state index in [1.165, 1.54) is 0 Å². The molecule has 0 heterocycles. The average molecular weight is 302 g/mol. The van der Waals surface area contributed by atoms with Gasteiger partial charge in [-0.25, -0.2) is 0 Å². The second kappa shape index (κ2) is 6.46. The fraction of sp³-hybridized carbons (Fsp3) is 0.389. The molecule has 0 aliphatic heterocycles. The summed E-state index contributed by atoms with van der Waals surface area (Å²) in [7, 11) is 0. The van der Waals surface area contributed by atoms with E-state index in [9.17, 15) is 15.0 Å². The minimum absolute atomic E-state index is 0.118. The molecule has 22 heavy (non-hydrogen) atoms. The Labute approximate surface area is 130 Å². The first-order valence-corrected chi connectivity index (χ1v) is 7.41. The van der Waals surface area contributed by atoms with Gasteiger partial charge in [-0.05, 0) is 66.4 Å². The number of carbonyl (C=O) groups excluding carboxylic acids is 1. The summed E-state index contributed by atoms with van der Waals surface area (Å²) < 4.78 is 5.46. The van der Waals surface area contributed by atoms with Crippen LogP contribution in [0.2, 0.25) is 0 Å². The van der Waals surface area contributed by atoms with Crippen molar-refractivity contribution < 1.29 is 19.7 Å². The SMILES string of the molecule is CCC(C)(C)C(=O)Oc1ccc2cc(CO)c(CO)cc2c1. The van der Waals surface area contributed by atoms with E-state index in [-0.39, 0.29) is 19.2 Å². The molecule has 118 valence electrons. The van der Waals surface area contributed by atoms with Crippen molar-refractivity contribution in [2.75, 3.05) is 0 Å². The molecule has 0 radical (unpaired) electrons. The van der Waals surface area contributed by atoms with Gasteiger partial charge in [-0.1, -0.05) is 13.0 Å². The predicted octanol–water partition coefficient (Wildman–Crippen LogP) is 3.17. The van der Waals surface area contributed by atoms with Crippen LogP contribution in [0.1, 0.15) is 38.3 Å². The van der Waals surface area contributed by atoms with E-state index in [0.717, 1.165) is 10.8 Å². The highest BCUT2D eigenvalue weighted by Crippen LogP contribution is 2.28. The van der Waals surface area contributed by atoms with E-state index in [4.69, 9.17) is 4.74 Å². The summed E-state index contributed by atoms with van der Waals surface area (Å²) in [4.78, 5) is 12.1. The number of ether oxygens (including phenoxy) is 1. The Hall–Kier alpha value is -1.91. The maximum atomic E-state index is 12.1. The third-order valence-corrected chi connectivity index (χ3v) is 4.12. The Bertz CT molecular complexity index is 689. The number of hydrogen-bond donors (Lipinski definition) is 2. The Morgan fingerprint density at radius 1 is 1.05 bits per heavy atom. The number of aliphatic hydroxyl groups is 2. The van der Waals surface area contributed by atoms with Crippen LogP contribution in [0.15, 0.2) is 30.3 Å². The second-order valence-corrected chi connectivity index (χ2v) is 6.07. The molecule has 0 amide bonds. The van der Waals surface area contributed by atoms with Gasteiger partial charge < -0.3 is 14.9 Å². The number of carbonyl (C=O) groups is 1. The zero-order chi connectivity index (χ0) is 16.3. The number of fused-ring (bicyclic) bond motifs is 1. The lowest BCUT2D eigenvalue weighted by Gasteiger charge is -2.20. The first kappa shape index (κ1) is 16.5. The van der Waals surface area contributed by atoms with Crippen molar-refractivity contribution in [2.24, 2.45) is 5.41 Å². The zero-order valence-electron chi connectivity index (χ0n) is 13.2. The van der Waals surface area contributed by atoms with Crippen molar-refractivity contribution >= 4 is 16.7 Å². The van der Waals surface area contributed by atoms with Gasteiger partial charge in [0.15, 0.2) is 0 Å². The van der Waals surface area contributed by atoms with Crippen LogP contribution >= 0.6 is 0 Å². The maximum Gasteiger partial charge on any atom is 0.316 e. The van der Waals surface area contributed by atoms with Gasteiger partial charge in [-0.15, -0.1) is 0 Å². The lowest BCUT2D eigenvalue weighted by atomic mass is 9.91. The summed E-state index contributed by atoms with van der Waals surface area (Å²) in [5.74, 6) is 0.225. The van der Waals surface area contributed by atoms with Crippen molar-refractivity contribution in [2.45, 2.75) is 40.4 Å². The van der Waals surface area contributed by atoms with Crippen LogP contribution in [-0.4, -0.2) is 16.2 Å². The summed E-state index contributed by atoms with van der Waals surface area (Å²) in [5, 5.41) is 20.5. The minimum Gasteiger partial charge on any atom is -0.426 e. The first-order valence-electron chi connectivity index (χ1n) is 7.41. The first-order chi connectivity index (χ1) is 10.4. The van der Waals surface area contributed by atoms with Crippen molar-refractivity contribution in [1.29, 1.82) is 0 Å². The highest BCUT2D eigenvalue weighted by molar-refractivity contribution is 5.87. The van der Waals surface area contributed by atoms with Crippen LogP contribution in [0.3, 0.4) is 0 Å². The largest absolute Gasteiger partial charge is 0.426 e. The molecule has 0 aromatic heterocycles. The van der Waals surface area contributed by atoms with E-state index in [0.29, 0.717) is 23.3 Å². The normalized spacial score (nSPS) is 11.7. The van der Waals surface area contributed by atoms with Gasteiger partial charge in [-0.2, -0.15) is 0 Å². The molecular weight excluding hydrogens is 280 g/mol.